The van der Waals surface area contributed by atoms with Crippen LogP contribution in [0, 0.1) is 0 Å². The summed E-state index contributed by atoms with van der Waals surface area (Å²) in [5.41, 5.74) is 4.14. The molecular weight excluding hydrogens is 352 g/mol. The van der Waals surface area contributed by atoms with E-state index >= 15 is 0 Å². The molecule has 0 fully saturated rings. The Morgan fingerprint density at radius 2 is 1.70 bits per heavy atom. The molecule has 0 heterocycles. The molecule has 0 saturated carbocycles. The summed E-state index contributed by atoms with van der Waals surface area (Å²) in [4.78, 5) is 7.96. The fourth-order valence-electron chi connectivity index (χ4n) is 3.15. The van der Waals surface area contributed by atoms with Crippen LogP contribution >= 0.6 is 12.6 Å². The van der Waals surface area contributed by atoms with Gasteiger partial charge < -0.3 is 9.74 Å². The summed E-state index contributed by atoms with van der Waals surface area (Å²) in [6.07, 6.45) is 0.00157. The number of hydrogen-bond acceptors (Lipinski definition) is 4. The maximum atomic E-state index is 5.86. The van der Waals surface area contributed by atoms with Gasteiger partial charge >= 0.3 is 0 Å². The van der Waals surface area contributed by atoms with Gasteiger partial charge in [-0.1, -0.05) is 71.9 Å². The van der Waals surface area contributed by atoms with Gasteiger partial charge in [0.15, 0.2) is 0 Å². The zero-order valence-electron chi connectivity index (χ0n) is 16.1. The van der Waals surface area contributed by atoms with Crippen LogP contribution in [-0.4, -0.2) is 37.4 Å². The van der Waals surface area contributed by atoms with E-state index < -0.39 is 0 Å². The lowest BCUT2D eigenvalue weighted by Crippen LogP contribution is -2.25. The van der Waals surface area contributed by atoms with Crippen molar-refractivity contribution >= 4 is 29.1 Å². The highest BCUT2D eigenvalue weighted by Gasteiger charge is 2.13. The van der Waals surface area contributed by atoms with E-state index in [9.17, 15) is 0 Å². The van der Waals surface area contributed by atoms with Gasteiger partial charge in [-0.15, -0.1) is 0 Å². The highest BCUT2D eigenvalue weighted by Crippen LogP contribution is 2.23. The van der Waals surface area contributed by atoms with Gasteiger partial charge in [0, 0.05) is 23.4 Å². The van der Waals surface area contributed by atoms with Crippen molar-refractivity contribution in [3.63, 3.8) is 0 Å². The highest BCUT2D eigenvalue weighted by molar-refractivity contribution is 7.79. The fraction of sp³-hybridized carbons (Fsp3) is 0.261. The lowest BCUT2D eigenvalue weighted by atomic mass is 9.96. The Bertz CT molecular complexity index is 914. The quantitative estimate of drug-likeness (QED) is 0.356. The predicted molar refractivity (Wildman–Crippen MR) is 118 cm³/mol. The fourth-order valence-corrected chi connectivity index (χ4v) is 3.36. The molecule has 3 aromatic rings. The first-order valence-corrected chi connectivity index (χ1v) is 9.78. The number of thiol groups is 1. The predicted octanol–water partition coefficient (Wildman–Crippen LogP) is 4.99. The number of benzene rings is 3. The molecule has 0 aromatic heterocycles. The minimum absolute atomic E-state index is 0.00157. The van der Waals surface area contributed by atoms with Crippen molar-refractivity contribution in [2.45, 2.75) is 18.8 Å². The third-order valence-corrected chi connectivity index (χ3v) is 4.77. The third-order valence-electron chi connectivity index (χ3n) is 4.40. The summed E-state index contributed by atoms with van der Waals surface area (Å²) in [7, 11) is 4.07. The molecule has 4 heteroatoms. The second kappa shape index (κ2) is 9.07. The summed E-state index contributed by atoms with van der Waals surface area (Å²) < 4.78 is 0. The first kappa shape index (κ1) is 19.5. The Morgan fingerprint density at radius 3 is 2.41 bits per heavy atom. The molecule has 0 N–H and O–H groups in total. The van der Waals surface area contributed by atoms with Crippen molar-refractivity contribution in [1.29, 1.82) is 0 Å². The maximum Gasteiger partial charge on any atom is 0.137 e. The second-order valence-corrected chi connectivity index (χ2v) is 7.32. The largest absolute Gasteiger partial charge is 0.391 e. The number of likely N-dealkylation sites (N-methyl/N-ethyl adjacent to an activating group) is 1. The first-order valence-electron chi connectivity index (χ1n) is 9.15. The molecule has 0 amide bonds. The Kier molecular flexibility index (Phi) is 6.54. The van der Waals surface area contributed by atoms with Gasteiger partial charge in [-0.05, 0) is 37.4 Å². The van der Waals surface area contributed by atoms with Crippen LogP contribution in [0.1, 0.15) is 23.6 Å². The Hall–Kier alpha value is -2.30. The minimum Gasteiger partial charge on any atom is -0.391 e. The van der Waals surface area contributed by atoms with E-state index in [1.165, 1.54) is 16.3 Å². The number of oxime groups is 1. The average Bonchev–Trinajstić information content (AvgIpc) is 2.68. The molecule has 0 aliphatic carbocycles. The summed E-state index contributed by atoms with van der Waals surface area (Å²) in [6.45, 7) is 2.85. The van der Waals surface area contributed by atoms with E-state index in [0.29, 0.717) is 0 Å². The monoisotopic (exact) mass is 378 g/mol. The van der Waals surface area contributed by atoms with Crippen molar-refractivity contribution < 1.29 is 4.84 Å². The second-order valence-electron chi connectivity index (χ2n) is 7.00. The first-order chi connectivity index (χ1) is 13.1. The van der Waals surface area contributed by atoms with Gasteiger partial charge in [0.1, 0.15) is 11.8 Å². The van der Waals surface area contributed by atoms with Crippen molar-refractivity contribution in [1.82, 2.24) is 4.90 Å². The van der Waals surface area contributed by atoms with Gasteiger partial charge in [0.25, 0.3) is 0 Å². The zero-order valence-corrected chi connectivity index (χ0v) is 17.0. The molecule has 0 spiro atoms. The molecule has 3 rings (SSSR count). The number of nitrogens with zero attached hydrogens (tertiary/aromatic N) is 2. The van der Waals surface area contributed by atoms with Crippen LogP contribution in [0.3, 0.4) is 0 Å². The molecule has 0 bridgehead atoms. The summed E-state index contributed by atoms with van der Waals surface area (Å²) in [6, 6.07) is 23.0. The lowest BCUT2D eigenvalue weighted by molar-refractivity contribution is 0.0537. The smallest absolute Gasteiger partial charge is 0.137 e. The van der Waals surface area contributed by atoms with Crippen LogP contribution in [0.2, 0.25) is 0 Å². The molecule has 0 aliphatic rings. The van der Waals surface area contributed by atoms with E-state index in [1.807, 2.05) is 21.0 Å². The van der Waals surface area contributed by atoms with Crippen molar-refractivity contribution in [2.24, 2.45) is 5.16 Å². The van der Waals surface area contributed by atoms with E-state index in [-0.39, 0.29) is 6.10 Å². The Balaban J connectivity index is 2.05. The molecule has 27 heavy (non-hydrogen) atoms. The van der Waals surface area contributed by atoms with Gasteiger partial charge in [0.2, 0.25) is 0 Å². The van der Waals surface area contributed by atoms with Crippen molar-refractivity contribution in [2.75, 3.05) is 20.6 Å². The molecule has 0 radical (unpaired) electrons. The van der Waals surface area contributed by atoms with Gasteiger partial charge in [-0.2, -0.15) is 12.6 Å². The molecule has 3 nitrogen and oxygen atoms in total. The van der Waals surface area contributed by atoms with E-state index in [4.69, 9.17) is 4.84 Å². The normalized spacial score (nSPS) is 13.1. The minimum atomic E-state index is 0.00157. The van der Waals surface area contributed by atoms with Crippen LogP contribution in [0.15, 0.2) is 71.9 Å². The topological polar surface area (TPSA) is 24.8 Å². The van der Waals surface area contributed by atoms with E-state index in [0.717, 1.165) is 29.1 Å². The summed E-state index contributed by atoms with van der Waals surface area (Å²) in [5.74, 6) is 0.720. The van der Waals surface area contributed by atoms with Crippen molar-refractivity contribution in [3.05, 3.63) is 83.4 Å². The number of fused-ring (bicyclic) bond motifs is 1. The summed E-state index contributed by atoms with van der Waals surface area (Å²) in [5, 5.41) is 6.95. The number of hydrogen-bond donors (Lipinski definition) is 1. The van der Waals surface area contributed by atoms with Crippen LogP contribution < -0.4 is 0 Å². The highest BCUT2D eigenvalue weighted by atomic mass is 32.1. The lowest BCUT2D eigenvalue weighted by Gasteiger charge is -2.17. The van der Waals surface area contributed by atoms with Crippen LogP contribution in [0.25, 0.3) is 10.8 Å². The number of rotatable bonds is 7. The molecule has 140 valence electrons. The van der Waals surface area contributed by atoms with Gasteiger partial charge in [-0.3, -0.25) is 0 Å². The molecular formula is C23H26N2OS. The SMILES string of the molecule is CC(CN(C)C)O/N=C(/c1ccc(CS)cc1)c1cccc2ccccc12. The van der Waals surface area contributed by atoms with Crippen LogP contribution in [0.4, 0.5) is 0 Å². The van der Waals surface area contributed by atoms with Gasteiger partial charge in [0.05, 0.1) is 0 Å². The standard InChI is InChI=1S/C23H26N2OS/c1-17(15-25(2)3)26-24-23(20-13-11-18(16-27)12-14-20)22-10-6-8-19-7-4-5-9-21(19)22/h4-14,17,27H,15-16H2,1-3H3/b24-23-. The molecule has 0 saturated heterocycles. The summed E-state index contributed by atoms with van der Waals surface area (Å²) >= 11 is 4.35. The third kappa shape index (κ3) is 4.90. The average molecular weight is 379 g/mol. The molecule has 1 unspecified atom stereocenters. The molecule has 0 aliphatic heterocycles. The van der Waals surface area contributed by atoms with Crippen LogP contribution in [-0.2, 0) is 10.6 Å². The molecule has 3 aromatic carbocycles. The van der Waals surface area contributed by atoms with E-state index in [1.54, 1.807) is 0 Å². The Labute approximate surface area is 167 Å². The van der Waals surface area contributed by atoms with E-state index in [2.05, 4.69) is 89.4 Å². The Morgan fingerprint density at radius 1 is 1.00 bits per heavy atom. The van der Waals surface area contributed by atoms with Crippen molar-refractivity contribution in [3.8, 4) is 0 Å². The molecule has 1 atom stereocenters. The zero-order chi connectivity index (χ0) is 19.2. The maximum absolute atomic E-state index is 5.86. The van der Waals surface area contributed by atoms with Crippen LogP contribution in [0.5, 0.6) is 0 Å². The van der Waals surface area contributed by atoms with Gasteiger partial charge in [-0.25, -0.2) is 0 Å².